The predicted octanol–water partition coefficient (Wildman–Crippen LogP) is 6.07. The molecule has 3 aromatic rings. The van der Waals surface area contributed by atoms with E-state index in [1.807, 2.05) is 13.8 Å². The smallest absolute Gasteiger partial charge is 0.416 e. The summed E-state index contributed by atoms with van der Waals surface area (Å²) in [4.78, 5) is 28.6. The van der Waals surface area contributed by atoms with E-state index in [0.29, 0.717) is 19.4 Å². The number of carbonyl (C=O) groups is 2. The monoisotopic (exact) mass is 753 g/mol. The Bertz CT molecular complexity index is 1780. The molecule has 0 spiro atoms. The number of fused-ring (bicyclic) bond motifs is 1. The zero-order valence-corrected chi connectivity index (χ0v) is 30.8. The Balaban J connectivity index is 1.61. The van der Waals surface area contributed by atoms with Crippen LogP contribution in [0.1, 0.15) is 67.4 Å². The molecule has 1 aliphatic heterocycles. The number of likely N-dealkylation sites (N-methyl/N-ethyl adjacent to an activating group) is 1. The number of aryl methyl sites for hydroxylation is 2. The summed E-state index contributed by atoms with van der Waals surface area (Å²) in [6.07, 6.45) is -3.50. The van der Waals surface area contributed by atoms with Crippen molar-refractivity contribution >= 4 is 33.3 Å². The van der Waals surface area contributed by atoms with Crippen LogP contribution in [0.25, 0.3) is 0 Å². The maximum Gasteiger partial charge on any atom is 0.416 e. The Labute approximate surface area is 301 Å². The number of alkyl halides is 3. The number of hydrogen-bond donors (Lipinski definition) is 3. The topological polar surface area (TPSA) is 164 Å². The van der Waals surface area contributed by atoms with Gasteiger partial charge >= 0.3 is 12.2 Å². The van der Waals surface area contributed by atoms with E-state index in [-0.39, 0.29) is 64.8 Å². The molecule has 0 saturated carbocycles. The number of sulfonamides is 1. The number of anilines is 2. The van der Waals surface area contributed by atoms with Crippen LogP contribution in [0.15, 0.2) is 51.9 Å². The summed E-state index contributed by atoms with van der Waals surface area (Å²) in [5, 5.41) is 19.1. The number of halogens is 3. The van der Waals surface area contributed by atoms with Crippen LogP contribution in [0.5, 0.6) is 5.75 Å². The van der Waals surface area contributed by atoms with Crippen molar-refractivity contribution in [3.63, 3.8) is 0 Å². The van der Waals surface area contributed by atoms with Crippen molar-refractivity contribution in [3.8, 4) is 5.75 Å². The maximum absolute atomic E-state index is 14.4. The average molecular weight is 754 g/mol. The molecule has 4 rings (SSSR count). The molecule has 1 aromatic heterocycles. The summed E-state index contributed by atoms with van der Waals surface area (Å²) in [7, 11) is -2.56. The molecular formula is C35H46F3N5O8S. The molecule has 4 atom stereocenters. The molecule has 2 aromatic carbocycles. The van der Waals surface area contributed by atoms with Gasteiger partial charge in [0.15, 0.2) is 5.76 Å². The molecule has 0 unspecified atom stereocenters. The van der Waals surface area contributed by atoms with Gasteiger partial charge in [-0.2, -0.15) is 17.5 Å². The molecule has 1 aliphatic rings. The first-order chi connectivity index (χ1) is 24.4. The van der Waals surface area contributed by atoms with Crippen LogP contribution in [-0.4, -0.2) is 91.4 Å². The molecule has 2 heterocycles. The molecule has 0 radical (unpaired) electrons. The van der Waals surface area contributed by atoms with Gasteiger partial charge in [-0.1, -0.05) is 12.1 Å². The number of aliphatic hydroxyl groups excluding tert-OH is 1. The van der Waals surface area contributed by atoms with Gasteiger partial charge in [0.25, 0.3) is 5.91 Å². The Morgan fingerprint density at radius 3 is 2.37 bits per heavy atom. The predicted molar refractivity (Wildman–Crippen MR) is 187 cm³/mol. The molecule has 3 amide bonds. The van der Waals surface area contributed by atoms with Crippen LogP contribution in [0.3, 0.4) is 0 Å². The lowest BCUT2D eigenvalue weighted by Crippen LogP contribution is -2.48. The normalized spacial score (nSPS) is 20.1. The number of aromatic nitrogens is 1. The fourth-order valence-corrected chi connectivity index (χ4v) is 7.32. The zero-order chi connectivity index (χ0) is 38.4. The van der Waals surface area contributed by atoms with Gasteiger partial charge in [0, 0.05) is 44.0 Å². The molecule has 0 saturated heterocycles. The van der Waals surface area contributed by atoms with Crippen LogP contribution in [0.4, 0.5) is 29.3 Å². The van der Waals surface area contributed by atoms with Crippen molar-refractivity contribution in [3.05, 3.63) is 65.0 Å². The molecule has 0 fully saturated rings. The molecule has 13 nitrogen and oxygen atoms in total. The van der Waals surface area contributed by atoms with E-state index >= 15 is 0 Å². The van der Waals surface area contributed by atoms with Gasteiger partial charge in [0.2, 0.25) is 10.0 Å². The second-order valence-electron chi connectivity index (χ2n) is 13.1. The highest BCUT2D eigenvalue weighted by molar-refractivity contribution is 7.89. The van der Waals surface area contributed by atoms with E-state index in [1.165, 1.54) is 35.3 Å². The van der Waals surface area contributed by atoms with Crippen molar-refractivity contribution in [1.29, 1.82) is 0 Å². The van der Waals surface area contributed by atoms with E-state index in [2.05, 4.69) is 15.8 Å². The third kappa shape index (κ3) is 10.0. The Hall–Kier alpha value is -4.19. The lowest BCUT2D eigenvalue weighted by molar-refractivity contribution is -0.137. The van der Waals surface area contributed by atoms with E-state index in [4.69, 9.17) is 14.0 Å². The van der Waals surface area contributed by atoms with Gasteiger partial charge in [-0.15, -0.1) is 0 Å². The maximum atomic E-state index is 14.4. The first kappa shape index (κ1) is 40.6. The van der Waals surface area contributed by atoms with Gasteiger partial charge in [-0.3, -0.25) is 4.79 Å². The van der Waals surface area contributed by atoms with Gasteiger partial charge in [-0.25, -0.2) is 13.2 Å². The van der Waals surface area contributed by atoms with Gasteiger partial charge in [-0.05, 0) is 89.4 Å². The summed E-state index contributed by atoms with van der Waals surface area (Å²) >= 11 is 0. The first-order valence-corrected chi connectivity index (χ1v) is 18.3. The number of rotatable bonds is 8. The first-order valence-electron chi connectivity index (χ1n) is 16.9. The number of ether oxygens (including phenoxy) is 2. The van der Waals surface area contributed by atoms with E-state index in [0.717, 1.165) is 30.7 Å². The van der Waals surface area contributed by atoms with E-state index in [9.17, 15) is 36.3 Å². The van der Waals surface area contributed by atoms with E-state index in [1.54, 1.807) is 19.9 Å². The number of nitrogens with zero attached hydrogens (tertiary/aromatic N) is 3. The van der Waals surface area contributed by atoms with Crippen molar-refractivity contribution in [1.82, 2.24) is 14.4 Å². The van der Waals surface area contributed by atoms with Crippen molar-refractivity contribution in [2.45, 2.75) is 83.2 Å². The largest absolute Gasteiger partial charge is 0.490 e. The highest BCUT2D eigenvalue weighted by Crippen LogP contribution is 2.31. The number of benzene rings is 2. The minimum Gasteiger partial charge on any atom is -0.490 e. The van der Waals surface area contributed by atoms with Gasteiger partial charge < -0.3 is 34.6 Å². The summed E-state index contributed by atoms with van der Waals surface area (Å²) in [5.74, 6) is -0.528. The summed E-state index contributed by atoms with van der Waals surface area (Å²) in [6.45, 7) is 8.41. The number of aliphatic hydroxyl groups is 1. The second kappa shape index (κ2) is 17.1. The SMILES string of the molecule is Cc1noc(C)c1S(=O)(=O)N(C)C[C@@H]1OCCCC[C@H](C)Oc2ccc(NC(=O)Nc3ccc(C(F)(F)F)cc3)cc2C(=O)N([C@H](C)CO)C[C@H]1C. The van der Waals surface area contributed by atoms with Crippen LogP contribution >= 0.6 is 0 Å². The molecule has 3 N–H and O–H groups in total. The summed E-state index contributed by atoms with van der Waals surface area (Å²) in [5.41, 5.74) is -0.208. The Kier molecular flexibility index (Phi) is 13.3. The minimum absolute atomic E-state index is 0.0164. The van der Waals surface area contributed by atoms with Crippen molar-refractivity contribution in [2.75, 3.05) is 44.0 Å². The molecular weight excluding hydrogens is 707 g/mol. The second-order valence-corrected chi connectivity index (χ2v) is 15.1. The summed E-state index contributed by atoms with van der Waals surface area (Å²) in [6, 6.07) is 7.03. The van der Waals surface area contributed by atoms with Crippen LogP contribution in [0, 0.1) is 19.8 Å². The van der Waals surface area contributed by atoms with Crippen molar-refractivity contribution in [2.24, 2.45) is 5.92 Å². The van der Waals surface area contributed by atoms with Crippen LogP contribution < -0.4 is 15.4 Å². The van der Waals surface area contributed by atoms with Gasteiger partial charge in [0.05, 0.1) is 36.0 Å². The average Bonchev–Trinajstić information content (AvgIpc) is 3.43. The minimum atomic E-state index is -4.52. The quantitative estimate of drug-likeness (QED) is 0.248. The number of amides is 3. The molecule has 0 aliphatic carbocycles. The van der Waals surface area contributed by atoms with Gasteiger partial charge in [0.1, 0.15) is 16.3 Å². The molecule has 52 heavy (non-hydrogen) atoms. The highest BCUT2D eigenvalue weighted by atomic mass is 32.2. The van der Waals surface area contributed by atoms with Crippen molar-refractivity contribution < 1.29 is 50.3 Å². The fourth-order valence-electron chi connectivity index (χ4n) is 5.85. The third-order valence-electron chi connectivity index (χ3n) is 8.85. The number of carbonyl (C=O) groups excluding carboxylic acids is 2. The Morgan fingerprint density at radius 1 is 1.10 bits per heavy atom. The van der Waals surface area contributed by atoms with Crippen LogP contribution in [-0.2, 0) is 20.9 Å². The third-order valence-corrected chi connectivity index (χ3v) is 10.9. The fraction of sp³-hybridized carbons (Fsp3) is 0.514. The number of urea groups is 1. The number of hydrogen-bond acceptors (Lipinski definition) is 9. The lowest BCUT2D eigenvalue weighted by Gasteiger charge is -2.35. The Morgan fingerprint density at radius 2 is 1.75 bits per heavy atom. The summed E-state index contributed by atoms with van der Waals surface area (Å²) < 4.78 is 84.8. The molecule has 286 valence electrons. The van der Waals surface area contributed by atoms with Crippen LogP contribution in [0.2, 0.25) is 0 Å². The lowest BCUT2D eigenvalue weighted by atomic mass is 10.0. The molecule has 0 bridgehead atoms. The standard InChI is InChI=1S/C35H46F3N5O8S/c1-21-18-43(22(2)20-44)33(45)29-17-28(40-34(46)39-27-12-10-26(11-13-27)35(36,37)38)14-15-30(29)50-23(3)9-7-8-16-49-31(21)19-42(6)52(47,48)32-24(4)41-51-25(32)5/h10-15,17,21-23,31,44H,7-9,16,18-20H2,1-6H3,(H2,39,40,46)/t21-,22-,23+,31+/m1/s1. The number of nitrogens with one attached hydrogen (secondary N) is 2. The molecule has 17 heteroatoms. The zero-order valence-electron chi connectivity index (χ0n) is 30.0. The highest BCUT2D eigenvalue weighted by Gasteiger charge is 2.35. The van der Waals surface area contributed by atoms with E-state index < -0.39 is 51.8 Å².